The SMILES string of the molecule is C[C@H](Oc1ccc(C(C)(C)C)cc1)C(=O)N[C@@H](C)c1ccccc1. The smallest absolute Gasteiger partial charge is 0.261 e. The minimum absolute atomic E-state index is 0.0481. The second-order valence-corrected chi connectivity index (χ2v) is 7.18. The van der Waals surface area contributed by atoms with Crippen LogP contribution < -0.4 is 10.1 Å². The van der Waals surface area contributed by atoms with Gasteiger partial charge in [-0.1, -0.05) is 63.2 Å². The second-order valence-electron chi connectivity index (χ2n) is 7.18. The zero-order chi connectivity index (χ0) is 17.7. The number of carbonyl (C=O) groups is 1. The molecule has 2 aromatic rings. The lowest BCUT2D eigenvalue weighted by Gasteiger charge is -2.21. The molecule has 0 aromatic heterocycles. The van der Waals surface area contributed by atoms with Crippen molar-refractivity contribution in [2.24, 2.45) is 0 Å². The van der Waals surface area contributed by atoms with Gasteiger partial charge >= 0.3 is 0 Å². The van der Waals surface area contributed by atoms with Crippen molar-refractivity contribution in [1.29, 1.82) is 0 Å². The van der Waals surface area contributed by atoms with Crippen molar-refractivity contribution in [2.75, 3.05) is 0 Å². The van der Waals surface area contributed by atoms with Gasteiger partial charge in [-0.3, -0.25) is 4.79 Å². The van der Waals surface area contributed by atoms with Crippen molar-refractivity contribution in [3.63, 3.8) is 0 Å². The zero-order valence-electron chi connectivity index (χ0n) is 15.2. The number of ether oxygens (including phenoxy) is 1. The van der Waals surface area contributed by atoms with Crippen LogP contribution in [0.25, 0.3) is 0 Å². The molecule has 0 aliphatic carbocycles. The highest BCUT2D eigenvalue weighted by Crippen LogP contribution is 2.24. The Morgan fingerprint density at radius 3 is 2.08 bits per heavy atom. The summed E-state index contributed by atoms with van der Waals surface area (Å²) >= 11 is 0. The Morgan fingerprint density at radius 2 is 1.54 bits per heavy atom. The van der Waals surface area contributed by atoms with Crippen LogP contribution in [0.1, 0.15) is 51.8 Å². The summed E-state index contributed by atoms with van der Waals surface area (Å²) < 4.78 is 5.77. The van der Waals surface area contributed by atoms with Crippen molar-refractivity contribution >= 4 is 5.91 Å². The van der Waals surface area contributed by atoms with E-state index in [4.69, 9.17) is 4.74 Å². The van der Waals surface area contributed by atoms with Gasteiger partial charge in [0.25, 0.3) is 5.91 Å². The molecule has 1 amide bonds. The average molecular weight is 325 g/mol. The predicted octanol–water partition coefficient (Wildman–Crippen LogP) is 4.63. The van der Waals surface area contributed by atoms with Crippen LogP contribution in [0.4, 0.5) is 0 Å². The number of hydrogen-bond donors (Lipinski definition) is 1. The molecule has 0 aliphatic heterocycles. The minimum atomic E-state index is -0.545. The summed E-state index contributed by atoms with van der Waals surface area (Å²) in [5.41, 5.74) is 2.42. The molecule has 2 atom stereocenters. The summed E-state index contributed by atoms with van der Waals surface area (Å²) in [6.45, 7) is 10.3. The average Bonchev–Trinajstić information content (AvgIpc) is 2.55. The number of nitrogens with one attached hydrogen (secondary N) is 1. The molecular weight excluding hydrogens is 298 g/mol. The topological polar surface area (TPSA) is 38.3 Å². The molecule has 3 nitrogen and oxygen atoms in total. The monoisotopic (exact) mass is 325 g/mol. The van der Waals surface area contributed by atoms with Gasteiger partial charge in [-0.15, -0.1) is 0 Å². The van der Waals surface area contributed by atoms with E-state index in [0.29, 0.717) is 5.75 Å². The number of benzene rings is 2. The van der Waals surface area contributed by atoms with Crippen LogP contribution in [-0.4, -0.2) is 12.0 Å². The van der Waals surface area contributed by atoms with Gasteiger partial charge in [0.05, 0.1) is 6.04 Å². The van der Waals surface area contributed by atoms with Crippen molar-refractivity contribution in [3.05, 3.63) is 65.7 Å². The van der Waals surface area contributed by atoms with Gasteiger partial charge in [0, 0.05) is 0 Å². The fourth-order valence-electron chi connectivity index (χ4n) is 2.45. The van der Waals surface area contributed by atoms with Crippen LogP contribution in [0.5, 0.6) is 5.75 Å². The van der Waals surface area contributed by atoms with Gasteiger partial charge in [0.1, 0.15) is 5.75 Å². The lowest BCUT2D eigenvalue weighted by Crippen LogP contribution is -2.37. The van der Waals surface area contributed by atoms with Crippen molar-refractivity contribution in [1.82, 2.24) is 5.32 Å². The van der Waals surface area contributed by atoms with Crippen LogP contribution >= 0.6 is 0 Å². The van der Waals surface area contributed by atoms with E-state index in [1.54, 1.807) is 6.92 Å². The molecule has 0 fully saturated rings. The van der Waals surface area contributed by atoms with E-state index >= 15 is 0 Å². The number of hydrogen-bond acceptors (Lipinski definition) is 2. The molecule has 3 heteroatoms. The van der Waals surface area contributed by atoms with Gasteiger partial charge in [-0.2, -0.15) is 0 Å². The van der Waals surface area contributed by atoms with E-state index in [-0.39, 0.29) is 17.4 Å². The normalized spacial score (nSPS) is 13.9. The molecule has 2 aromatic carbocycles. The fourth-order valence-corrected chi connectivity index (χ4v) is 2.45. The highest BCUT2D eigenvalue weighted by Gasteiger charge is 2.18. The number of carbonyl (C=O) groups excluding carboxylic acids is 1. The lowest BCUT2D eigenvalue weighted by atomic mass is 9.87. The number of rotatable bonds is 5. The van der Waals surface area contributed by atoms with E-state index in [0.717, 1.165) is 5.56 Å². The summed E-state index contributed by atoms with van der Waals surface area (Å²) in [5.74, 6) is 0.587. The van der Waals surface area contributed by atoms with E-state index in [1.807, 2.05) is 61.5 Å². The lowest BCUT2D eigenvalue weighted by molar-refractivity contribution is -0.127. The van der Waals surface area contributed by atoms with E-state index in [2.05, 4.69) is 26.1 Å². The molecule has 0 unspecified atom stereocenters. The Balaban J connectivity index is 1.94. The minimum Gasteiger partial charge on any atom is -0.481 e. The van der Waals surface area contributed by atoms with Crippen molar-refractivity contribution in [3.8, 4) is 5.75 Å². The van der Waals surface area contributed by atoms with Crippen LogP contribution in [-0.2, 0) is 10.2 Å². The van der Waals surface area contributed by atoms with E-state index in [1.165, 1.54) is 5.56 Å². The first-order chi connectivity index (χ1) is 11.3. The van der Waals surface area contributed by atoms with E-state index in [9.17, 15) is 4.79 Å². The highest BCUT2D eigenvalue weighted by atomic mass is 16.5. The van der Waals surface area contributed by atoms with Crippen molar-refractivity contribution < 1.29 is 9.53 Å². The Kier molecular flexibility index (Phi) is 5.66. The summed E-state index contributed by atoms with van der Waals surface area (Å²) in [4.78, 5) is 12.3. The highest BCUT2D eigenvalue weighted by molar-refractivity contribution is 5.81. The maximum Gasteiger partial charge on any atom is 0.261 e. The Morgan fingerprint density at radius 1 is 0.958 bits per heavy atom. The van der Waals surface area contributed by atoms with Crippen LogP contribution in [0, 0.1) is 0 Å². The van der Waals surface area contributed by atoms with Gasteiger partial charge in [-0.05, 0) is 42.5 Å². The summed E-state index contributed by atoms with van der Waals surface area (Å²) in [6.07, 6.45) is -0.545. The quantitative estimate of drug-likeness (QED) is 0.870. The molecule has 1 N–H and O–H groups in total. The van der Waals surface area contributed by atoms with Gasteiger partial charge in [-0.25, -0.2) is 0 Å². The molecule has 0 heterocycles. The third kappa shape index (κ3) is 4.85. The molecule has 2 rings (SSSR count). The summed E-state index contributed by atoms with van der Waals surface area (Å²) in [5, 5.41) is 2.99. The first-order valence-corrected chi connectivity index (χ1v) is 8.40. The fraction of sp³-hybridized carbons (Fsp3) is 0.381. The molecule has 0 bridgehead atoms. The van der Waals surface area contributed by atoms with E-state index < -0.39 is 6.10 Å². The molecular formula is C21H27NO2. The van der Waals surface area contributed by atoms with Gasteiger partial charge in [0.2, 0.25) is 0 Å². The van der Waals surface area contributed by atoms with Gasteiger partial charge < -0.3 is 10.1 Å². The second kappa shape index (κ2) is 7.52. The molecule has 0 spiro atoms. The van der Waals surface area contributed by atoms with Crippen LogP contribution in [0.2, 0.25) is 0 Å². The first kappa shape index (κ1) is 18.1. The molecule has 0 saturated carbocycles. The third-order valence-corrected chi connectivity index (χ3v) is 4.06. The summed E-state index contributed by atoms with van der Waals surface area (Å²) in [6, 6.07) is 17.8. The molecule has 0 radical (unpaired) electrons. The predicted molar refractivity (Wildman–Crippen MR) is 98.2 cm³/mol. The maximum absolute atomic E-state index is 12.3. The molecule has 24 heavy (non-hydrogen) atoms. The Bertz CT molecular complexity index is 656. The van der Waals surface area contributed by atoms with Gasteiger partial charge in [0.15, 0.2) is 6.10 Å². The third-order valence-electron chi connectivity index (χ3n) is 4.06. The van der Waals surface area contributed by atoms with Crippen LogP contribution in [0.15, 0.2) is 54.6 Å². The largest absolute Gasteiger partial charge is 0.481 e. The first-order valence-electron chi connectivity index (χ1n) is 8.40. The molecule has 0 aliphatic rings. The van der Waals surface area contributed by atoms with Crippen LogP contribution in [0.3, 0.4) is 0 Å². The number of amides is 1. The standard InChI is InChI=1S/C21H27NO2/c1-15(17-9-7-6-8-10-17)22-20(23)16(2)24-19-13-11-18(12-14-19)21(3,4)5/h6-16H,1-5H3,(H,22,23)/t15-,16-/m0/s1. The summed E-state index contributed by atoms with van der Waals surface area (Å²) in [7, 11) is 0. The zero-order valence-corrected chi connectivity index (χ0v) is 15.2. The van der Waals surface area contributed by atoms with Crippen molar-refractivity contribution in [2.45, 2.75) is 52.2 Å². The maximum atomic E-state index is 12.3. The molecule has 0 saturated heterocycles. The molecule has 128 valence electrons. The Labute approximate surface area is 145 Å². The Hall–Kier alpha value is -2.29.